The molecule has 2 rings (SSSR count). The second-order valence-electron chi connectivity index (χ2n) is 4.18. The van der Waals surface area contributed by atoms with Gasteiger partial charge in [-0.15, -0.1) is 0 Å². The van der Waals surface area contributed by atoms with Crippen LogP contribution in [-0.4, -0.2) is 0 Å². The molecule has 0 amide bonds. The van der Waals surface area contributed by atoms with Crippen molar-refractivity contribution in [3.05, 3.63) is 47.5 Å². The minimum Gasteiger partial charge on any atom is -0.459 e. The lowest BCUT2D eigenvalue weighted by Crippen LogP contribution is -2.05. The lowest BCUT2D eigenvalue weighted by molar-refractivity contribution is -0.137. The average Bonchev–Trinajstić information content (AvgIpc) is 2.77. The highest BCUT2D eigenvalue weighted by molar-refractivity contribution is 5.60. The van der Waals surface area contributed by atoms with Gasteiger partial charge in [0.1, 0.15) is 17.3 Å². The number of benzene rings is 1. The van der Waals surface area contributed by atoms with E-state index in [-0.39, 0.29) is 11.3 Å². The molecule has 0 saturated carbocycles. The van der Waals surface area contributed by atoms with Crippen molar-refractivity contribution in [2.45, 2.75) is 19.1 Å². The van der Waals surface area contributed by atoms with Crippen LogP contribution < -0.4 is 5.73 Å². The van der Waals surface area contributed by atoms with E-state index in [9.17, 15) is 17.6 Å². The molecule has 2 N–H and O–H groups in total. The SMILES string of the molecule is CC(N)c1ccc(-c2cc(C(F)(F)F)ccc2F)o1. The molecule has 1 aromatic carbocycles. The van der Waals surface area contributed by atoms with Crippen molar-refractivity contribution in [3.63, 3.8) is 0 Å². The minimum absolute atomic E-state index is 0.0240. The Labute approximate surface area is 106 Å². The standard InChI is InChI=1S/C13H11F4NO/c1-7(18)11-4-5-12(19-11)9-6-8(13(15,16)17)2-3-10(9)14/h2-7H,18H2,1H3. The van der Waals surface area contributed by atoms with Crippen molar-refractivity contribution in [1.29, 1.82) is 0 Å². The number of furan rings is 1. The van der Waals surface area contributed by atoms with Crippen molar-refractivity contribution in [3.8, 4) is 11.3 Å². The van der Waals surface area contributed by atoms with Gasteiger partial charge >= 0.3 is 6.18 Å². The number of halogens is 4. The molecule has 2 aromatic rings. The number of hydrogen-bond acceptors (Lipinski definition) is 2. The van der Waals surface area contributed by atoms with Crippen LogP contribution >= 0.6 is 0 Å². The highest BCUT2D eigenvalue weighted by atomic mass is 19.4. The monoisotopic (exact) mass is 273 g/mol. The summed E-state index contributed by atoms with van der Waals surface area (Å²) in [7, 11) is 0. The topological polar surface area (TPSA) is 39.2 Å². The Morgan fingerprint density at radius 3 is 2.37 bits per heavy atom. The molecule has 1 unspecified atom stereocenters. The van der Waals surface area contributed by atoms with Crippen LogP contribution in [0.5, 0.6) is 0 Å². The Bertz CT molecular complexity index is 587. The predicted molar refractivity (Wildman–Crippen MR) is 61.7 cm³/mol. The molecule has 1 heterocycles. The molecule has 6 heteroatoms. The predicted octanol–water partition coefficient (Wildman–Crippen LogP) is 4.12. The molecule has 0 spiro atoms. The van der Waals surface area contributed by atoms with Gasteiger partial charge in [0.2, 0.25) is 0 Å². The molecule has 19 heavy (non-hydrogen) atoms. The highest BCUT2D eigenvalue weighted by Gasteiger charge is 2.31. The summed E-state index contributed by atoms with van der Waals surface area (Å²) < 4.78 is 56.6. The molecule has 1 aromatic heterocycles. The summed E-state index contributed by atoms with van der Waals surface area (Å²) >= 11 is 0. The molecule has 1 atom stereocenters. The molecule has 102 valence electrons. The van der Waals surface area contributed by atoms with E-state index in [0.29, 0.717) is 11.8 Å². The first-order chi connectivity index (χ1) is 8.79. The minimum atomic E-state index is -4.53. The van der Waals surface area contributed by atoms with Gasteiger partial charge < -0.3 is 10.2 Å². The average molecular weight is 273 g/mol. The van der Waals surface area contributed by atoms with Crippen LogP contribution in [-0.2, 0) is 6.18 Å². The molecule has 0 aliphatic carbocycles. The lowest BCUT2D eigenvalue weighted by Gasteiger charge is -2.08. The third kappa shape index (κ3) is 2.78. The second kappa shape index (κ2) is 4.70. The van der Waals surface area contributed by atoms with Crippen molar-refractivity contribution in [2.24, 2.45) is 5.73 Å². The van der Waals surface area contributed by atoms with Crippen LogP contribution in [0.2, 0.25) is 0 Å². The van der Waals surface area contributed by atoms with E-state index in [1.807, 2.05) is 0 Å². The van der Waals surface area contributed by atoms with Crippen LogP contribution in [0.25, 0.3) is 11.3 Å². The summed E-state index contributed by atoms with van der Waals surface area (Å²) in [5, 5.41) is 0. The van der Waals surface area contributed by atoms with Gasteiger partial charge in [-0.1, -0.05) is 0 Å². The first kappa shape index (κ1) is 13.6. The maximum absolute atomic E-state index is 13.6. The van der Waals surface area contributed by atoms with Crippen molar-refractivity contribution in [1.82, 2.24) is 0 Å². The van der Waals surface area contributed by atoms with Crippen molar-refractivity contribution in [2.75, 3.05) is 0 Å². The third-order valence-corrected chi connectivity index (χ3v) is 2.63. The van der Waals surface area contributed by atoms with E-state index in [1.165, 1.54) is 12.1 Å². The smallest absolute Gasteiger partial charge is 0.416 e. The molecule has 0 bridgehead atoms. The Hall–Kier alpha value is -1.82. The van der Waals surface area contributed by atoms with Gasteiger partial charge in [-0.25, -0.2) is 4.39 Å². The molecule has 2 nitrogen and oxygen atoms in total. The summed E-state index contributed by atoms with van der Waals surface area (Å²) in [4.78, 5) is 0. The van der Waals surface area contributed by atoms with Gasteiger partial charge in [-0.2, -0.15) is 13.2 Å². The molecule has 0 aliphatic heterocycles. The zero-order valence-corrected chi connectivity index (χ0v) is 9.96. The van der Waals surface area contributed by atoms with E-state index in [0.717, 1.165) is 12.1 Å². The summed E-state index contributed by atoms with van der Waals surface area (Å²) in [6.45, 7) is 1.66. The fourth-order valence-corrected chi connectivity index (χ4v) is 1.63. The van der Waals surface area contributed by atoms with Gasteiger partial charge in [0.05, 0.1) is 17.2 Å². The number of nitrogens with two attached hydrogens (primary N) is 1. The Kier molecular flexibility index (Phi) is 3.36. The zero-order valence-electron chi connectivity index (χ0n) is 9.96. The molecule has 0 radical (unpaired) electrons. The Morgan fingerprint density at radius 1 is 1.16 bits per heavy atom. The van der Waals surface area contributed by atoms with Gasteiger partial charge in [0.25, 0.3) is 0 Å². The van der Waals surface area contributed by atoms with E-state index in [2.05, 4.69) is 0 Å². The maximum atomic E-state index is 13.6. The van der Waals surface area contributed by atoms with E-state index in [4.69, 9.17) is 10.2 Å². The zero-order chi connectivity index (χ0) is 14.2. The van der Waals surface area contributed by atoms with Crippen LogP contribution in [0.1, 0.15) is 24.3 Å². The fourth-order valence-electron chi connectivity index (χ4n) is 1.63. The third-order valence-electron chi connectivity index (χ3n) is 2.63. The Balaban J connectivity index is 2.48. The largest absolute Gasteiger partial charge is 0.459 e. The molecular formula is C13H11F4NO. The summed E-state index contributed by atoms with van der Waals surface area (Å²) in [6.07, 6.45) is -4.53. The van der Waals surface area contributed by atoms with Gasteiger partial charge in [0, 0.05) is 0 Å². The molecule has 0 saturated heterocycles. The molecule has 0 fully saturated rings. The maximum Gasteiger partial charge on any atom is 0.416 e. The summed E-state index contributed by atoms with van der Waals surface area (Å²) in [5.41, 5.74) is 4.41. The van der Waals surface area contributed by atoms with Crippen LogP contribution in [0, 0.1) is 5.82 Å². The normalized spacial score (nSPS) is 13.6. The Morgan fingerprint density at radius 2 is 1.84 bits per heavy atom. The lowest BCUT2D eigenvalue weighted by atomic mass is 10.1. The number of rotatable bonds is 2. The fraction of sp³-hybridized carbons (Fsp3) is 0.231. The van der Waals surface area contributed by atoms with Gasteiger partial charge in [-0.3, -0.25) is 0 Å². The van der Waals surface area contributed by atoms with E-state index in [1.54, 1.807) is 6.92 Å². The molecular weight excluding hydrogens is 262 g/mol. The number of hydrogen-bond donors (Lipinski definition) is 1. The van der Waals surface area contributed by atoms with Gasteiger partial charge in [-0.05, 0) is 37.3 Å². The summed E-state index contributed by atoms with van der Waals surface area (Å²) in [6, 6.07) is 4.68. The first-order valence-electron chi connectivity index (χ1n) is 5.51. The van der Waals surface area contributed by atoms with E-state index >= 15 is 0 Å². The van der Waals surface area contributed by atoms with Crippen molar-refractivity contribution >= 4 is 0 Å². The van der Waals surface area contributed by atoms with E-state index < -0.39 is 23.6 Å². The number of alkyl halides is 3. The summed E-state index contributed by atoms with van der Waals surface area (Å²) in [5.74, 6) is -0.374. The van der Waals surface area contributed by atoms with Gasteiger partial charge in [0.15, 0.2) is 0 Å². The highest BCUT2D eigenvalue weighted by Crippen LogP contribution is 2.34. The van der Waals surface area contributed by atoms with Crippen LogP contribution in [0.3, 0.4) is 0 Å². The van der Waals surface area contributed by atoms with Crippen LogP contribution in [0.15, 0.2) is 34.7 Å². The second-order valence-corrected chi connectivity index (χ2v) is 4.18. The molecule has 0 aliphatic rings. The quantitative estimate of drug-likeness (QED) is 0.836. The van der Waals surface area contributed by atoms with Crippen molar-refractivity contribution < 1.29 is 22.0 Å². The first-order valence-corrected chi connectivity index (χ1v) is 5.51. The van der Waals surface area contributed by atoms with Crippen LogP contribution in [0.4, 0.5) is 17.6 Å².